The molecule has 0 aliphatic carbocycles. The van der Waals surface area contributed by atoms with Crippen molar-refractivity contribution in [1.29, 1.82) is 0 Å². The monoisotopic (exact) mass is 502 g/mol. The van der Waals surface area contributed by atoms with E-state index in [9.17, 15) is 17.2 Å². The Morgan fingerprint density at radius 3 is 1.89 bits per heavy atom. The molecule has 0 spiro atoms. The van der Waals surface area contributed by atoms with Crippen LogP contribution in [-0.4, -0.2) is 51.0 Å². The zero-order valence-corrected chi connectivity index (χ0v) is 20.3. The van der Waals surface area contributed by atoms with Crippen molar-refractivity contribution >= 4 is 10.0 Å². The van der Waals surface area contributed by atoms with E-state index in [1.807, 2.05) is 6.07 Å². The molecular formula is C26H28F2N2O4S. The molecule has 1 saturated heterocycles. The van der Waals surface area contributed by atoms with Gasteiger partial charge < -0.3 is 9.47 Å². The van der Waals surface area contributed by atoms with Crippen LogP contribution in [0.1, 0.15) is 16.7 Å². The molecule has 3 aromatic carbocycles. The fraction of sp³-hybridized carbons (Fsp3) is 0.308. The summed E-state index contributed by atoms with van der Waals surface area (Å²) in [6, 6.07) is 16.5. The van der Waals surface area contributed by atoms with Crippen molar-refractivity contribution in [3.8, 4) is 5.75 Å². The molecule has 9 heteroatoms. The van der Waals surface area contributed by atoms with Gasteiger partial charge in [-0.2, -0.15) is 4.31 Å². The average Bonchev–Trinajstić information content (AvgIpc) is 2.87. The molecule has 0 radical (unpaired) electrons. The van der Waals surface area contributed by atoms with Gasteiger partial charge in [0, 0.05) is 32.7 Å². The molecular weight excluding hydrogens is 474 g/mol. The lowest BCUT2D eigenvalue weighted by atomic mass is 10.2. The number of nitrogens with zero attached hydrogens (tertiary/aromatic N) is 2. The topological polar surface area (TPSA) is 59.1 Å². The highest BCUT2D eigenvalue weighted by atomic mass is 32.2. The standard InChI is InChI=1S/C26H28F2N2O4S/c1-33-25-11-6-22(17-29-12-14-34-15-13-29)16-26(25)35(31,32)30(18-20-2-7-23(27)8-3-20)19-21-4-9-24(28)10-5-21/h2-11,16H,12-15,17-19H2,1H3. The molecule has 0 N–H and O–H groups in total. The Hall–Kier alpha value is -2.85. The van der Waals surface area contributed by atoms with Gasteiger partial charge in [0.05, 0.1) is 20.3 Å². The second kappa shape index (κ2) is 11.3. The Labute approximate surface area is 204 Å². The summed E-state index contributed by atoms with van der Waals surface area (Å²) in [5, 5.41) is 0. The smallest absolute Gasteiger partial charge is 0.247 e. The number of benzene rings is 3. The van der Waals surface area contributed by atoms with Crippen molar-refractivity contribution in [3.63, 3.8) is 0 Å². The molecule has 4 rings (SSSR count). The minimum absolute atomic E-state index is 0.0107. The van der Waals surface area contributed by atoms with Crippen LogP contribution in [0.25, 0.3) is 0 Å². The molecule has 0 bridgehead atoms. The fourth-order valence-electron chi connectivity index (χ4n) is 3.99. The summed E-state index contributed by atoms with van der Waals surface area (Å²) >= 11 is 0. The quantitative estimate of drug-likeness (QED) is 0.439. The van der Waals surface area contributed by atoms with Crippen molar-refractivity contribution in [2.24, 2.45) is 0 Å². The Morgan fingerprint density at radius 1 is 0.857 bits per heavy atom. The summed E-state index contributed by atoms with van der Waals surface area (Å²) < 4.78 is 66.9. The van der Waals surface area contributed by atoms with Gasteiger partial charge in [0.1, 0.15) is 22.3 Å². The Balaban J connectivity index is 1.69. The lowest BCUT2D eigenvalue weighted by Gasteiger charge is -2.27. The van der Waals surface area contributed by atoms with E-state index < -0.39 is 21.7 Å². The van der Waals surface area contributed by atoms with Crippen LogP contribution in [0, 0.1) is 11.6 Å². The SMILES string of the molecule is COc1ccc(CN2CCOCC2)cc1S(=O)(=O)N(Cc1ccc(F)cc1)Cc1ccc(F)cc1. The van der Waals surface area contributed by atoms with Gasteiger partial charge in [-0.1, -0.05) is 30.3 Å². The summed E-state index contributed by atoms with van der Waals surface area (Å²) in [5.41, 5.74) is 2.09. The van der Waals surface area contributed by atoms with E-state index in [-0.39, 0.29) is 23.7 Å². The number of hydrogen-bond acceptors (Lipinski definition) is 5. The molecule has 0 aromatic heterocycles. The number of hydrogen-bond donors (Lipinski definition) is 0. The van der Waals surface area contributed by atoms with Gasteiger partial charge in [-0.3, -0.25) is 4.90 Å². The van der Waals surface area contributed by atoms with Gasteiger partial charge in [-0.05, 0) is 53.1 Å². The third-order valence-electron chi connectivity index (χ3n) is 5.90. The van der Waals surface area contributed by atoms with E-state index in [1.54, 1.807) is 36.4 Å². The van der Waals surface area contributed by atoms with Crippen LogP contribution in [0.4, 0.5) is 8.78 Å². The summed E-state index contributed by atoms with van der Waals surface area (Å²) in [6.07, 6.45) is 0. The van der Waals surface area contributed by atoms with Gasteiger partial charge in [-0.15, -0.1) is 0 Å². The predicted octanol–water partition coefficient (Wildman–Crippen LogP) is 4.20. The van der Waals surface area contributed by atoms with Gasteiger partial charge >= 0.3 is 0 Å². The maximum absolute atomic E-state index is 14.0. The average molecular weight is 503 g/mol. The summed E-state index contributed by atoms with van der Waals surface area (Å²) in [4.78, 5) is 2.26. The van der Waals surface area contributed by atoms with Crippen LogP contribution < -0.4 is 4.74 Å². The summed E-state index contributed by atoms with van der Waals surface area (Å²) in [5.74, 6) is -0.572. The number of morpholine rings is 1. The molecule has 0 saturated carbocycles. The van der Waals surface area contributed by atoms with Crippen molar-refractivity contribution in [1.82, 2.24) is 9.21 Å². The van der Waals surface area contributed by atoms with E-state index in [2.05, 4.69) is 4.90 Å². The Morgan fingerprint density at radius 2 is 1.37 bits per heavy atom. The van der Waals surface area contributed by atoms with Crippen LogP contribution in [0.5, 0.6) is 5.75 Å². The molecule has 0 atom stereocenters. The number of ether oxygens (including phenoxy) is 2. The molecule has 35 heavy (non-hydrogen) atoms. The first-order chi connectivity index (χ1) is 16.8. The number of halogens is 2. The van der Waals surface area contributed by atoms with Crippen molar-refractivity contribution in [2.45, 2.75) is 24.5 Å². The van der Waals surface area contributed by atoms with Gasteiger partial charge in [-0.25, -0.2) is 17.2 Å². The summed E-state index contributed by atoms with van der Waals surface area (Å²) in [7, 11) is -2.62. The van der Waals surface area contributed by atoms with Crippen LogP contribution >= 0.6 is 0 Å². The fourth-order valence-corrected chi connectivity index (χ4v) is 5.61. The van der Waals surface area contributed by atoms with Gasteiger partial charge in [0.2, 0.25) is 10.0 Å². The van der Waals surface area contributed by atoms with E-state index in [4.69, 9.17) is 9.47 Å². The third-order valence-corrected chi connectivity index (χ3v) is 7.71. The molecule has 186 valence electrons. The molecule has 1 aliphatic rings. The number of rotatable bonds is 9. The zero-order valence-electron chi connectivity index (χ0n) is 19.5. The summed E-state index contributed by atoms with van der Waals surface area (Å²) in [6.45, 7) is 3.44. The van der Waals surface area contributed by atoms with Crippen molar-refractivity contribution in [3.05, 3.63) is 95.1 Å². The maximum Gasteiger partial charge on any atom is 0.247 e. The van der Waals surface area contributed by atoms with Crippen molar-refractivity contribution < 1.29 is 26.7 Å². The lowest BCUT2D eigenvalue weighted by Crippen LogP contribution is -2.35. The van der Waals surface area contributed by atoms with E-state index in [0.29, 0.717) is 30.9 Å². The first-order valence-corrected chi connectivity index (χ1v) is 12.8. The number of methoxy groups -OCH3 is 1. The lowest BCUT2D eigenvalue weighted by molar-refractivity contribution is 0.0341. The highest BCUT2D eigenvalue weighted by Crippen LogP contribution is 2.30. The Kier molecular flexibility index (Phi) is 8.12. The van der Waals surface area contributed by atoms with Crippen LogP contribution in [0.15, 0.2) is 71.6 Å². The normalized spacial score (nSPS) is 14.9. The second-order valence-electron chi connectivity index (χ2n) is 8.40. The van der Waals surface area contributed by atoms with Crippen LogP contribution in [0.2, 0.25) is 0 Å². The van der Waals surface area contributed by atoms with E-state index in [0.717, 1.165) is 18.7 Å². The second-order valence-corrected chi connectivity index (χ2v) is 10.3. The molecule has 6 nitrogen and oxygen atoms in total. The highest BCUT2D eigenvalue weighted by molar-refractivity contribution is 7.89. The minimum Gasteiger partial charge on any atom is -0.495 e. The predicted molar refractivity (Wildman–Crippen MR) is 128 cm³/mol. The van der Waals surface area contributed by atoms with E-state index in [1.165, 1.54) is 35.7 Å². The Bertz CT molecular complexity index is 1180. The molecule has 1 heterocycles. The molecule has 3 aromatic rings. The van der Waals surface area contributed by atoms with E-state index >= 15 is 0 Å². The van der Waals surface area contributed by atoms with Crippen LogP contribution in [0.3, 0.4) is 0 Å². The zero-order chi connectivity index (χ0) is 24.8. The third kappa shape index (κ3) is 6.43. The minimum atomic E-state index is -4.05. The van der Waals surface area contributed by atoms with Gasteiger partial charge in [0.25, 0.3) is 0 Å². The largest absolute Gasteiger partial charge is 0.495 e. The van der Waals surface area contributed by atoms with Crippen LogP contribution in [-0.2, 0) is 34.4 Å². The number of sulfonamides is 1. The molecule has 0 unspecified atom stereocenters. The van der Waals surface area contributed by atoms with Crippen molar-refractivity contribution in [2.75, 3.05) is 33.4 Å². The molecule has 1 fully saturated rings. The highest BCUT2D eigenvalue weighted by Gasteiger charge is 2.29. The maximum atomic E-state index is 14.0. The molecule has 0 amide bonds. The van der Waals surface area contributed by atoms with Gasteiger partial charge in [0.15, 0.2) is 0 Å². The molecule has 1 aliphatic heterocycles. The first kappa shape index (κ1) is 25.2. The first-order valence-electron chi connectivity index (χ1n) is 11.3.